The molecule has 0 bridgehead atoms. The van der Waals surface area contributed by atoms with Gasteiger partial charge in [-0.05, 0) is 24.1 Å². The lowest BCUT2D eigenvalue weighted by molar-refractivity contribution is 0.681. The normalized spacial score (nSPS) is 11.3. The first-order valence-electron chi connectivity index (χ1n) is 6.11. The van der Waals surface area contributed by atoms with Gasteiger partial charge in [-0.25, -0.2) is 9.97 Å². The predicted octanol–water partition coefficient (Wildman–Crippen LogP) is 2.15. The molecule has 0 saturated heterocycles. The van der Waals surface area contributed by atoms with Crippen LogP contribution in [0.5, 0.6) is 0 Å². The van der Waals surface area contributed by atoms with Gasteiger partial charge in [0.15, 0.2) is 5.65 Å². The molecule has 3 heterocycles. The van der Waals surface area contributed by atoms with Crippen molar-refractivity contribution in [2.24, 2.45) is 7.05 Å². The van der Waals surface area contributed by atoms with Crippen molar-refractivity contribution in [1.82, 2.24) is 24.3 Å². The molecule has 6 heteroatoms. The average Bonchev–Trinajstić information content (AvgIpc) is 2.99. The summed E-state index contributed by atoms with van der Waals surface area (Å²) in [4.78, 5) is 8.88. The van der Waals surface area contributed by atoms with Crippen molar-refractivity contribution in [1.29, 1.82) is 0 Å². The minimum absolute atomic E-state index is 0.392. The molecule has 0 N–H and O–H groups in total. The molecule has 0 aliphatic carbocycles. The van der Waals surface area contributed by atoms with E-state index >= 15 is 0 Å². The fourth-order valence-corrected chi connectivity index (χ4v) is 2.39. The minimum atomic E-state index is 0.392. The molecule has 0 unspecified atom stereocenters. The number of halogens is 1. The summed E-state index contributed by atoms with van der Waals surface area (Å²) in [5.41, 5.74) is 2.98. The minimum Gasteiger partial charge on any atom is -0.311 e. The zero-order valence-electron chi connectivity index (χ0n) is 10.6. The van der Waals surface area contributed by atoms with Crippen molar-refractivity contribution in [3.05, 3.63) is 42.1 Å². The van der Waals surface area contributed by atoms with Crippen molar-refractivity contribution in [2.75, 3.05) is 0 Å². The molecule has 0 amide bonds. The molecule has 0 aromatic carbocycles. The first-order chi connectivity index (χ1) is 9.28. The maximum atomic E-state index is 5.96. The summed E-state index contributed by atoms with van der Waals surface area (Å²) < 4.78 is 3.89. The Balaban J connectivity index is 1.90. The van der Waals surface area contributed by atoms with Crippen LogP contribution in [0.25, 0.3) is 11.2 Å². The Kier molecular flexibility index (Phi) is 3.21. The Morgan fingerprint density at radius 1 is 1.37 bits per heavy atom. The van der Waals surface area contributed by atoms with Crippen molar-refractivity contribution < 1.29 is 0 Å². The van der Waals surface area contributed by atoms with E-state index in [-0.39, 0.29) is 0 Å². The fourth-order valence-electron chi connectivity index (χ4n) is 2.18. The van der Waals surface area contributed by atoms with Crippen LogP contribution < -0.4 is 0 Å². The van der Waals surface area contributed by atoms with E-state index in [4.69, 9.17) is 11.6 Å². The van der Waals surface area contributed by atoms with Crippen LogP contribution in [-0.2, 0) is 25.9 Å². The number of nitrogens with zero attached hydrogens (tertiary/aromatic N) is 5. The molecule has 0 atom stereocenters. The van der Waals surface area contributed by atoms with Crippen LogP contribution in [0.2, 0.25) is 0 Å². The van der Waals surface area contributed by atoms with Gasteiger partial charge in [-0.15, -0.1) is 11.6 Å². The number of alkyl halides is 1. The zero-order chi connectivity index (χ0) is 13.2. The molecule has 3 aromatic heterocycles. The van der Waals surface area contributed by atoms with Crippen LogP contribution in [0.15, 0.2) is 30.7 Å². The lowest BCUT2D eigenvalue weighted by atomic mass is 10.2. The Labute approximate surface area is 115 Å². The fraction of sp³-hybridized carbons (Fsp3) is 0.308. The lowest BCUT2D eigenvalue weighted by Crippen LogP contribution is -2.05. The summed E-state index contributed by atoms with van der Waals surface area (Å²) in [5.74, 6) is 1.25. The molecule has 0 aliphatic rings. The summed E-state index contributed by atoms with van der Waals surface area (Å²) in [6, 6.07) is 3.84. The maximum Gasteiger partial charge on any atom is 0.160 e. The van der Waals surface area contributed by atoms with E-state index in [9.17, 15) is 0 Å². The van der Waals surface area contributed by atoms with Gasteiger partial charge in [0.05, 0.1) is 12.1 Å². The van der Waals surface area contributed by atoms with Crippen LogP contribution in [0.3, 0.4) is 0 Å². The Hall–Kier alpha value is -1.88. The number of aromatic nitrogens is 5. The molecule has 98 valence electrons. The van der Waals surface area contributed by atoms with Gasteiger partial charge >= 0.3 is 0 Å². The standard InChI is InChI=1S/C13H14ClN5/c1-18-9-10(8-16-18)4-6-19-12(7-14)17-11-3-2-5-15-13(11)19/h2-3,5,8-9H,4,6-7H2,1H3. The summed E-state index contributed by atoms with van der Waals surface area (Å²) >= 11 is 5.96. The predicted molar refractivity (Wildman–Crippen MR) is 74.0 cm³/mol. The van der Waals surface area contributed by atoms with Gasteiger partial charge in [0.2, 0.25) is 0 Å². The second-order valence-corrected chi connectivity index (χ2v) is 4.70. The molecule has 19 heavy (non-hydrogen) atoms. The third kappa shape index (κ3) is 2.33. The number of aryl methyl sites for hydroxylation is 3. The van der Waals surface area contributed by atoms with Crippen molar-refractivity contribution in [2.45, 2.75) is 18.8 Å². The van der Waals surface area contributed by atoms with Crippen molar-refractivity contribution in [3.63, 3.8) is 0 Å². The van der Waals surface area contributed by atoms with Gasteiger partial charge in [0.25, 0.3) is 0 Å². The van der Waals surface area contributed by atoms with Crippen LogP contribution in [-0.4, -0.2) is 24.3 Å². The lowest BCUT2D eigenvalue weighted by Gasteiger charge is -2.05. The highest BCUT2D eigenvalue weighted by Crippen LogP contribution is 2.16. The zero-order valence-corrected chi connectivity index (χ0v) is 11.4. The summed E-state index contributed by atoms with van der Waals surface area (Å²) in [6.07, 6.45) is 6.57. The third-order valence-corrected chi connectivity index (χ3v) is 3.32. The van der Waals surface area contributed by atoms with Gasteiger partial charge in [-0.2, -0.15) is 5.10 Å². The summed E-state index contributed by atoms with van der Waals surface area (Å²) in [5, 5.41) is 4.17. The molecule has 0 saturated carbocycles. The first kappa shape index (κ1) is 12.2. The molecule has 0 fully saturated rings. The monoisotopic (exact) mass is 275 g/mol. The molecule has 5 nitrogen and oxygen atoms in total. The summed E-state index contributed by atoms with van der Waals surface area (Å²) in [7, 11) is 1.92. The average molecular weight is 276 g/mol. The number of hydrogen-bond acceptors (Lipinski definition) is 3. The SMILES string of the molecule is Cn1cc(CCn2c(CCl)nc3cccnc32)cn1. The second kappa shape index (κ2) is 5.01. The van der Waals surface area contributed by atoms with Crippen LogP contribution >= 0.6 is 11.6 Å². The summed E-state index contributed by atoms with van der Waals surface area (Å²) in [6.45, 7) is 0.807. The number of rotatable bonds is 4. The highest BCUT2D eigenvalue weighted by atomic mass is 35.5. The van der Waals surface area contributed by atoms with E-state index in [2.05, 4.69) is 19.6 Å². The number of fused-ring (bicyclic) bond motifs is 1. The van der Waals surface area contributed by atoms with E-state index in [0.29, 0.717) is 5.88 Å². The molecule has 3 rings (SSSR count). The Bertz CT molecular complexity index is 700. The van der Waals surface area contributed by atoms with E-state index in [0.717, 1.165) is 30.0 Å². The molecule has 3 aromatic rings. The smallest absolute Gasteiger partial charge is 0.160 e. The van der Waals surface area contributed by atoms with Crippen molar-refractivity contribution >= 4 is 22.8 Å². The van der Waals surface area contributed by atoms with Crippen LogP contribution in [0.4, 0.5) is 0 Å². The number of imidazole rings is 1. The Morgan fingerprint density at radius 3 is 3.00 bits per heavy atom. The van der Waals surface area contributed by atoms with E-state index in [1.807, 2.05) is 36.3 Å². The van der Waals surface area contributed by atoms with Gasteiger partial charge in [0, 0.05) is 26.0 Å². The van der Waals surface area contributed by atoms with Gasteiger partial charge in [-0.1, -0.05) is 0 Å². The molecular formula is C13H14ClN5. The first-order valence-corrected chi connectivity index (χ1v) is 6.65. The molecular weight excluding hydrogens is 262 g/mol. The van der Waals surface area contributed by atoms with E-state index in [1.165, 1.54) is 5.56 Å². The van der Waals surface area contributed by atoms with Crippen LogP contribution in [0, 0.1) is 0 Å². The van der Waals surface area contributed by atoms with Gasteiger partial charge in [-0.3, -0.25) is 4.68 Å². The van der Waals surface area contributed by atoms with Gasteiger partial charge < -0.3 is 4.57 Å². The van der Waals surface area contributed by atoms with E-state index in [1.54, 1.807) is 6.20 Å². The Morgan fingerprint density at radius 2 is 2.26 bits per heavy atom. The second-order valence-electron chi connectivity index (χ2n) is 4.43. The molecule has 0 aliphatic heterocycles. The van der Waals surface area contributed by atoms with Gasteiger partial charge in [0.1, 0.15) is 11.3 Å². The highest BCUT2D eigenvalue weighted by molar-refractivity contribution is 6.16. The van der Waals surface area contributed by atoms with Crippen molar-refractivity contribution in [3.8, 4) is 0 Å². The quantitative estimate of drug-likeness (QED) is 0.686. The number of hydrogen-bond donors (Lipinski definition) is 0. The maximum absolute atomic E-state index is 5.96. The van der Waals surface area contributed by atoms with Crippen LogP contribution in [0.1, 0.15) is 11.4 Å². The topological polar surface area (TPSA) is 48.5 Å². The highest BCUT2D eigenvalue weighted by Gasteiger charge is 2.10. The van der Waals surface area contributed by atoms with E-state index < -0.39 is 0 Å². The number of pyridine rings is 1. The third-order valence-electron chi connectivity index (χ3n) is 3.08. The molecule has 0 radical (unpaired) electrons. The largest absolute Gasteiger partial charge is 0.311 e. The molecule has 0 spiro atoms.